The zero-order valence-corrected chi connectivity index (χ0v) is 12.8. The zero-order valence-electron chi connectivity index (χ0n) is 12.8. The molecule has 0 saturated heterocycles. The van der Waals surface area contributed by atoms with E-state index in [0.717, 1.165) is 6.42 Å². The van der Waals surface area contributed by atoms with E-state index in [1.165, 1.54) is 0 Å². The molecule has 3 N–H and O–H groups in total. The second-order valence-corrected chi connectivity index (χ2v) is 4.78. The Balaban J connectivity index is 2.81. The number of carbonyl (C=O) groups excluding carboxylic acids is 3. The fourth-order valence-electron chi connectivity index (χ4n) is 1.62. The Bertz CT molecular complexity index is 570. The van der Waals surface area contributed by atoms with Crippen molar-refractivity contribution in [3.8, 4) is 0 Å². The fourth-order valence-corrected chi connectivity index (χ4v) is 1.62. The molecule has 6 heteroatoms. The van der Waals surface area contributed by atoms with Gasteiger partial charge in [0.15, 0.2) is 0 Å². The van der Waals surface area contributed by atoms with E-state index in [2.05, 4.69) is 22.5 Å². The maximum atomic E-state index is 12.0. The van der Waals surface area contributed by atoms with E-state index in [9.17, 15) is 14.4 Å². The van der Waals surface area contributed by atoms with Crippen molar-refractivity contribution in [1.82, 2.24) is 10.6 Å². The average Bonchev–Trinajstić information content (AvgIpc) is 2.52. The van der Waals surface area contributed by atoms with Gasteiger partial charge in [-0.2, -0.15) is 0 Å². The summed E-state index contributed by atoms with van der Waals surface area (Å²) in [5.74, 6) is -1.88. The topological polar surface area (TPSA) is 87.3 Å². The number of amides is 3. The lowest BCUT2D eigenvalue weighted by Crippen LogP contribution is -2.40. The van der Waals surface area contributed by atoms with E-state index >= 15 is 0 Å². The number of hydrogen-bond donors (Lipinski definition) is 3. The first kappa shape index (κ1) is 17.4. The first-order valence-corrected chi connectivity index (χ1v) is 7.09. The molecular formula is C16H21N3O3. The van der Waals surface area contributed by atoms with Gasteiger partial charge in [-0.25, -0.2) is 0 Å². The molecule has 22 heavy (non-hydrogen) atoms. The smallest absolute Gasteiger partial charge is 0.313 e. The minimum absolute atomic E-state index is 0.0932. The summed E-state index contributed by atoms with van der Waals surface area (Å²) in [6.45, 7) is 7.55. The Morgan fingerprint density at radius 3 is 2.55 bits per heavy atom. The second-order valence-electron chi connectivity index (χ2n) is 4.78. The van der Waals surface area contributed by atoms with Crippen LogP contribution in [-0.2, 0) is 9.59 Å². The van der Waals surface area contributed by atoms with Gasteiger partial charge in [0, 0.05) is 12.6 Å². The molecule has 0 saturated carbocycles. The lowest BCUT2D eigenvalue weighted by molar-refractivity contribution is -0.136. The molecule has 1 rings (SSSR count). The van der Waals surface area contributed by atoms with Gasteiger partial charge in [0.2, 0.25) is 0 Å². The van der Waals surface area contributed by atoms with Crippen molar-refractivity contribution >= 4 is 23.4 Å². The van der Waals surface area contributed by atoms with Crippen LogP contribution in [0.4, 0.5) is 5.69 Å². The highest BCUT2D eigenvalue weighted by Crippen LogP contribution is 2.14. The number of anilines is 1. The van der Waals surface area contributed by atoms with Crippen molar-refractivity contribution in [3.63, 3.8) is 0 Å². The Hall–Kier alpha value is -2.63. The third kappa shape index (κ3) is 5.05. The van der Waals surface area contributed by atoms with Crippen LogP contribution in [0.1, 0.15) is 30.6 Å². The quantitative estimate of drug-likeness (QED) is 0.549. The van der Waals surface area contributed by atoms with Gasteiger partial charge in [0.05, 0.1) is 11.3 Å². The molecule has 118 valence electrons. The van der Waals surface area contributed by atoms with E-state index < -0.39 is 11.8 Å². The molecule has 0 aliphatic carbocycles. The molecule has 1 aromatic carbocycles. The van der Waals surface area contributed by atoms with E-state index in [0.29, 0.717) is 6.54 Å². The molecule has 0 bridgehead atoms. The number of nitrogens with one attached hydrogen (secondary N) is 3. The molecule has 0 heterocycles. The molecule has 1 atom stereocenters. The van der Waals surface area contributed by atoms with Crippen LogP contribution in [0.5, 0.6) is 0 Å². The summed E-state index contributed by atoms with van der Waals surface area (Å²) < 4.78 is 0. The van der Waals surface area contributed by atoms with Crippen LogP contribution in [0.25, 0.3) is 0 Å². The number of rotatable bonds is 6. The maximum Gasteiger partial charge on any atom is 0.313 e. The van der Waals surface area contributed by atoms with Gasteiger partial charge in [-0.3, -0.25) is 14.4 Å². The van der Waals surface area contributed by atoms with E-state index in [4.69, 9.17) is 0 Å². The first-order valence-electron chi connectivity index (χ1n) is 7.09. The van der Waals surface area contributed by atoms with Crippen LogP contribution in [0, 0.1) is 0 Å². The lowest BCUT2D eigenvalue weighted by Gasteiger charge is -2.13. The highest BCUT2D eigenvalue weighted by molar-refractivity contribution is 6.40. The predicted octanol–water partition coefficient (Wildman–Crippen LogP) is 1.46. The van der Waals surface area contributed by atoms with Gasteiger partial charge < -0.3 is 16.0 Å². The number of para-hydroxylation sites is 1. The molecule has 6 nitrogen and oxygen atoms in total. The third-order valence-electron chi connectivity index (χ3n) is 3.02. The van der Waals surface area contributed by atoms with Crippen molar-refractivity contribution in [2.24, 2.45) is 0 Å². The third-order valence-corrected chi connectivity index (χ3v) is 3.02. The first-order chi connectivity index (χ1) is 10.5. The lowest BCUT2D eigenvalue weighted by atomic mass is 10.1. The number of hydrogen-bond acceptors (Lipinski definition) is 3. The van der Waals surface area contributed by atoms with Crippen LogP contribution in [-0.4, -0.2) is 30.3 Å². The van der Waals surface area contributed by atoms with E-state index in [-0.39, 0.29) is 23.2 Å². The summed E-state index contributed by atoms with van der Waals surface area (Å²) in [5, 5.41) is 7.65. The summed E-state index contributed by atoms with van der Waals surface area (Å²) >= 11 is 0. The molecule has 0 unspecified atom stereocenters. The Morgan fingerprint density at radius 2 is 1.91 bits per heavy atom. The van der Waals surface area contributed by atoms with Gasteiger partial charge in [-0.05, 0) is 25.5 Å². The normalized spacial score (nSPS) is 11.2. The van der Waals surface area contributed by atoms with Gasteiger partial charge in [0.25, 0.3) is 5.91 Å². The van der Waals surface area contributed by atoms with Gasteiger partial charge in [0.1, 0.15) is 0 Å². The largest absolute Gasteiger partial charge is 0.349 e. The minimum atomic E-state index is -0.802. The molecule has 0 radical (unpaired) electrons. The van der Waals surface area contributed by atoms with E-state index in [1.54, 1.807) is 30.3 Å². The molecule has 0 spiro atoms. The van der Waals surface area contributed by atoms with Crippen LogP contribution in [0.15, 0.2) is 36.9 Å². The monoisotopic (exact) mass is 303 g/mol. The van der Waals surface area contributed by atoms with Crippen LogP contribution < -0.4 is 16.0 Å². The maximum absolute atomic E-state index is 12.0. The fraction of sp³-hybridized carbons (Fsp3) is 0.312. The van der Waals surface area contributed by atoms with Crippen molar-refractivity contribution in [2.75, 3.05) is 11.9 Å². The highest BCUT2D eigenvalue weighted by Gasteiger charge is 2.18. The standard InChI is InChI=1S/C16H21N3O3/c1-4-10-17-14(20)12-8-6-7-9-13(12)19-16(22)15(21)18-11(3)5-2/h4,6-9,11H,1,5,10H2,2-3H3,(H,17,20)(H,18,21)(H,19,22)/t11-/m1/s1. The van der Waals surface area contributed by atoms with E-state index in [1.807, 2.05) is 13.8 Å². The number of carbonyl (C=O) groups is 3. The minimum Gasteiger partial charge on any atom is -0.349 e. The van der Waals surface area contributed by atoms with Crippen molar-refractivity contribution in [3.05, 3.63) is 42.5 Å². The van der Waals surface area contributed by atoms with Crippen LogP contribution >= 0.6 is 0 Å². The van der Waals surface area contributed by atoms with Gasteiger partial charge in [-0.15, -0.1) is 6.58 Å². The molecule has 0 aromatic heterocycles. The molecular weight excluding hydrogens is 282 g/mol. The van der Waals surface area contributed by atoms with Crippen molar-refractivity contribution < 1.29 is 14.4 Å². The molecule has 3 amide bonds. The average molecular weight is 303 g/mol. The molecule has 1 aromatic rings. The Morgan fingerprint density at radius 1 is 1.23 bits per heavy atom. The van der Waals surface area contributed by atoms with Gasteiger partial charge >= 0.3 is 11.8 Å². The summed E-state index contributed by atoms with van der Waals surface area (Å²) in [6.07, 6.45) is 2.28. The molecule has 0 aliphatic heterocycles. The predicted molar refractivity (Wildman–Crippen MR) is 85.5 cm³/mol. The summed E-state index contributed by atoms with van der Waals surface area (Å²) in [5.41, 5.74) is 0.572. The van der Waals surface area contributed by atoms with Crippen molar-refractivity contribution in [2.45, 2.75) is 26.3 Å². The van der Waals surface area contributed by atoms with Gasteiger partial charge in [-0.1, -0.05) is 25.1 Å². The Labute approximate surface area is 130 Å². The second kappa shape index (κ2) is 8.61. The zero-order chi connectivity index (χ0) is 16.5. The summed E-state index contributed by atoms with van der Waals surface area (Å²) in [4.78, 5) is 35.6. The summed E-state index contributed by atoms with van der Waals surface area (Å²) in [7, 11) is 0. The van der Waals surface area contributed by atoms with Crippen LogP contribution in [0.2, 0.25) is 0 Å². The van der Waals surface area contributed by atoms with Crippen LogP contribution in [0.3, 0.4) is 0 Å². The Kier molecular flexibility index (Phi) is 6.82. The van der Waals surface area contributed by atoms with Crippen molar-refractivity contribution in [1.29, 1.82) is 0 Å². The summed E-state index contributed by atoms with van der Waals surface area (Å²) in [6, 6.07) is 6.39. The highest BCUT2D eigenvalue weighted by atomic mass is 16.2. The number of benzene rings is 1. The molecule has 0 fully saturated rings. The SMILES string of the molecule is C=CCNC(=O)c1ccccc1NC(=O)C(=O)N[C@H](C)CC. The molecule has 0 aliphatic rings.